The number of hydrogen-bond acceptors (Lipinski definition) is 3. The number of hydrogen-bond donors (Lipinski definition) is 2. The maximum absolute atomic E-state index is 12.9. The fourth-order valence-electron chi connectivity index (χ4n) is 1.75. The number of carbonyl (C=O) groups is 1. The van der Waals surface area contributed by atoms with Crippen LogP contribution >= 0.6 is 0 Å². The zero-order chi connectivity index (χ0) is 15.3. The van der Waals surface area contributed by atoms with Crippen LogP contribution in [-0.4, -0.2) is 26.6 Å². The van der Waals surface area contributed by atoms with Crippen molar-refractivity contribution in [1.82, 2.24) is 10.0 Å². The molecule has 1 aromatic carbocycles. The van der Waals surface area contributed by atoms with Crippen molar-refractivity contribution < 1.29 is 17.6 Å². The van der Waals surface area contributed by atoms with E-state index >= 15 is 0 Å². The summed E-state index contributed by atoms with van der Waals surface area (Å²) in [5, 5.41) is 2.69. The first-order chi connectivity index (χ1) is 9.17. The van der Waals surface area contributed by atoms with Crippen molar-refractivity contribution in [3.8, 4) is 0 Å². The molecular formula is C13H19FN2O3S. The number of sulfonamides is 1. The van der Waals surface area contributed by atoms with Gasteiger partial charge in [-0.05, 0) is 31.5 Å². The molecular weight excluding hydrogens is 283 g/mol. The number of halogens is 1. The van der Waals surface area contributed by atoms with Crippen molar-refractivity contribution in [3.05, 3.63) is 35.6 Å². The van der Waals surface area contributed by atoms with E-state index in [9.17, 15) is 17.6 Å². The minimum absolute atomic E-state index is 0.0328. The minimum atomic E-state index is -3.48. The van der Waals surface area contributed by atoms with E-state index in [1.54, 1.807) is 0 Å². The largest absolute Gasteiger partial charge is 0.354 e. The van der Waals surface area contributed by atoms with Gasteiger partial charge in [-0.1, -0.05) is 12.1 Å². The Hall–Kier alpha value is -1.47. The van der Waals surface area contributed by atoms with Crippen LogP contribution in [-0.2, 0) is 14.8 Å². The summed E-state index contributed by atoms with van der Waals surface area (Å²) in [5.41, 5.74) is 0.538. The summed E-state index contributed by atoms with van der Waals surface area (Å²) in [6.07, 6.45) is 0.973. The highest BCUT2D eigenvalue weighted by atomic mass is 32.2. The lowest BCUT2D eigenvalue weighted by atomic mass is 10.0. The van der Waals surface area contributed by atoms with Gasteiger partial charge in [-0.2, -0.15) is 0 Å². The Balaban J connectivity index is 2.91. The molecule has 0 aromatic heterocycles. The topological polar surface area (TPSA) is 75.3 Å². The predicted molar refractivity (Wildman–Crippen MR) is 75.0 cm³/mol. The van der Waals surface area contributed by atoms with Gasteiger partial charge in [0.2, 0.25) is 15.9 Å². The highest BCUT2D eigenvalue weighted by Gasteiger charge is 2.20. The molecule has 0 saturated carbocycles. The highest BCUT2D eigenvalue weighted by molar-refractivity contribution is 7.88. The van der Waals surface area contributed by atoms with Crippen LogP contribution in [0.5, 0.6) is 0 Å². The van der Waals surface area contributed by atoms with E-state index in [1.165, 1.54) is 24.3 Å². The monoisotopic (exact) mass is 302 g/mol. The van der Waals surface area contributed by atoms with Gasteiger partial charge in [0.25, 0.3) is 0 Å². The zero-order valence-electron chi connectivity index (χ0n) is 11.7. The molecule has 20 heavy (non-hydrogen) atoms. The van der Waals surface area contributed by atoms with Crippen LogP contribution in [0.15, 0.2) is 24.3 Å². The van der Waals surface area contributed by atoms with Crippen LogP contribution in [0.3, 0.4) is 0 Å². The van der Waals surface area contributed by atoms with E-state index < -0.39 is 21.9 Å². The molecule has 0 bridgehead atoms. The normalized spacial score (nSPS) is 13.2. The summed E-state index contributed by atoms with van der Waals surface area (Å²) in [5.74, 6) is -0.691. The van der Waals surface area contributed by atoms with Crippen molar-refractivity contribution in [1.29, 1.82) is 0 Å². The summed E-state index contributed by atoms with van der Waals surface area (Å²) in [7, 11) is -3.48. The van der Waals surface area contributed by atoms with Crippen molar-refractivity contribution in [3.63, 3.8) is 0 Å². The van der Waals surface area contributed by atoms with Gasteiger partial charge in [0.1, 0.15) is 5.82 Å². The lowest BCUT2D eigenvalue weighted by Gasteiger charge is -2.18. The van der Waals surface area contributed by atoms with Gasteiger partial charge in [-0.15, -0.1) is 0 Å². The number of benzene rings is 1. The fourth-order valence-corrected chi connectivity index (χ4v) is 2.48. The molecule has 1 amide bonds. The second-order valence-corrected chi connectivity index (χ2v) is 6.70. The van der Waals surface area contributed by atoms with E-state index in [2.05, 4.69) is 10.0 Å². The first kappa shape index (κ1) is 16.6. The van der Waals surface area contributed by atoms with E-state index in [0.29, 0.717) is 5.56 Å². The molecule has 7 heteroatoms. The third-order valence-corrected chi connectivity index (χ3v) is 3.18. The molecule has 0 fully saturated rings. The molecule has 0 saturated heterocycles. The predicted octanol–water partition coefficient (Wildman–Crippen LogP) is 1.33. The van der Waals surface area contributed by atoms with Crippen LogP contribution in [0.4, 0.5) is 4.39 Å². The van der Waals surface area contributed by atoms with E-state index in [-0.39, 0.29) is 18.4 Å². The van der Waals surface area contributed by atoms with Crippen molar-refractivity contribution in [2.75, 3.05) is 6.26 Å². The zero-order valence-corrected chi connectivity index (χ0v) is 12.5. The maximum atomic E-state index is 12.9. The van der Waals surface area contributed by atoms with Gasteiger partial charge < -0.3 is 5.32 Å². The van der Waals surface area contributed by atoms with Crippen LogP contribution in [0.1, 0.15) is 31.9 Å². The van der Waals surface area contributed by atoms with Crippen LogP contribution < -0.4 is 10.0 Å². The Bertz CT molecular complexity index is 555. The van der Waals surface area contributed by atoms with Gasteiger partial charge in [0, 0.05) is 12.5 Å². The molecule has 0 unspecified atom stereocenters. The van der Waals surface area contributed by atoms with Crippen LogP contribution in [0.2, 0.25) is 0 Å². The van der Waals surface area contributed by atoms with E-state index in [1.807, 2.05) is 13.8 Å². The Morgan fingerprint density at radius 3 is 2.25 bits per heavy atom. The second kappa shape index (κ2) is 6.81. The number of amides is 1. The average molecular weight is 302 g/mol. The van der Waals surface area contributed by atoms with Gasteiger partial charge >= 0.3 is 0 Å². The van der Waals surface area contributed by atoms with Crippen molar-refractivity contribution in [2.24, 2.45) is 0 Å². The third-order valence-electron chi connectivity index (χ3n) is 2.47. The summed E-state index contributed by atoms with van der Waals surface area (Å²) >= 11 is 0. The molecule has 0 spiro atoms. The molecule has 5 nitrogen and oxygen atoms in total. The third kappa shape index (κ3) is 6.12. The van der Waals surface area contributed by atoms with Crippen molar-refractivity contribution >= 4 is 15.9 Å². The second-order valence-electron chi connectivity index (χ2n) is 4.92. The lowest BCUT2D eigenvalue weighted by molar-refractivity contribution is -0.122. The molecule has 112 valence electrons. The Labute approximate surface area is 118 Å². The first-order valence-corrected chi connectivity index (χ1v) is 8.08. The molecule has 1 rings (SSSR count). The molecule has 0 radical (unpaired) electrons. The first-order valence-electron chi connectivity index (χ1n) is 6.19. The summed E-state index contributed by atoms with van der Waals surface area (Å²) in [6.45, 7) is 3.63. The smallest absolute Gasteiger partial charge is 0.222 e. The van der Waals surface area contributed by atoms with E-state index in [4.69, 9.17) is 0 Å². The average Bonchev–Trinajstić information content (AvgIpc) is 2.25. The summed E-state index contributed by atoms with van der Waals surface area (Å²) in [4.78, 5) is 11.8. The molecule has 0 aliphatic rings. The number of carbonyl (C=O) groups excluding carboxylic acids is 1. The summed E-state index contributed by atoms with van der Waals surface area (Å²) < 4.78 is 38.0. The SMILES string of the molecule is CC(C)NC(=O)C[C@@H](NS(C)(=O)=O)c1ccc(F)cc1. The van der Waals surface area contributed by atoms with Gasteiger partial charge in [-0.3, -0.25) is 4.79 Å². The maximum Gasteiger partial charge on any atom is 0.222 e. The van der Waals surface area contributed by atoms with E-state index in [0.717, 1.165) is 6.26 Å². The van der Waals surface area contributed by atoms with Gasteiger partial charge in [-0.25, -0.2) is 17.5 Å². The molecule has 1 atom stereocenters. The van der Waals surface area contributed by atoms with Crippen molar-refractivity contribution in [2.45, 2.75) is 32.4 Å². The quantitative estimate of drug-likeness (QED) is 0.832. The molecule has 0 aliphatic heterocycles. The van der Waals surface area contributed by atoms with Gasteiger partial charge in [0.15, 0.2) is 0 Å². The minimum Gasteiger partial charge on any atom is -0.354 e. The molecule has 1 aromatic rings. The highest BCUT2D eigenvalue weighted by Crippen LogP contribution is 2.18. The lowest BCUT2D eigenvalue weighted by Crippen LogP contribution is -2.35. The standard InChI is InChI=1S/C13H19FN2O3S/c1-9(2)15-13(17)8-12(16-20(3,18)19)10-4-6-11(14)7-5-10/h4-7,9,12,16H,8H2,1-3H3,(H,15,17)/t12-/m1/s1. The Morgan fingerprint density at radius 2 is 1.80 bits per heavy atom. The molecule has 0 heterocycles. The van der Waals surface area contributed by atoms with Gasteiger partial charge in [0.05, 0.1) is 12.3 Å². The Morgan fingerprint density at radius 1 is 1.25 bits per heavy atom. The summed E-state index contributed by atoms with van der Waals surface area (Å²) in [6, 6.07) is 4.62. The fraction of sp³-hybridized carbons (Fsp3) is 0.462. The Kier molecular flexibility index (Phi) is 5.64. The number of rotatable bonds is 6. The number of nitrogens with one attached hydrogen (secondary N) is 2. The molecule has 0 aliphatic carbocycles. The van der Waals surface area contributed by atoms with Crippen LogP contribution in [0, 0.1) is 5.82 Å². The van der Waals surface area contributed by atoms with Crippen LogP contribution in [0.25, 0.3) is 0 Å². The molecule has 2 N–H and O–H groups in total.